The number of rotatable bonds is 6. The lowest BCUT2D eigenvalue weighted by Crippen LogP contribution is -2.46. The van der Waals surface area contributed by atoms with E-state index in [-0.39, 0.29) is 22.3 Å². The molecule has 32 heavy (non-hydrogen) atoms. The first-order chi connectivity index (χ1) is 14.9. The summed E-state index contributed by atoms with van der Waals surface area (Å²) in [7, 11) is 0. The Hall–Kier alpha value is -1.59. The SMILES string of the molecule is Cc1cc(F)c(N2CCN(Cc3ccc(SC(F)(F)F)cc3)CC2)cc1SCC(F)(F)F. The Labute approximate surface area is 190 Å². The third-order valence-electron chi connectivity index (χ3n) is 4.91. The van der Waals surface area contributed by atoms with E-state index in [9.17, 15) is 30.7 Å². The molecule has 0 aromatic heterocycles. The molecule has 0 bridgehead atoms. The van der Waals surface area contributed by atoms with E-state index in [1.165, 1.54) is 24.3 Å². The number of hydrogen-bond donors (Lipinski definition) is 0. The molecule has 0 atom stereocenters. The zero-order valence-electron chi connectivity index (χ0n) is 17.1. The highest BCUT2D eigenvalue weighted by Crippen LogP contribution is 2.37. The number of nitrogens with zero attached hydrogens (tertiary/aromatic N) is 2. The van der Waals surface area contributed by atoms with Gasteiger partial charge in [-0.1, -0.05) is 12.1 Å². The molecule has 0 unspecified atom stereocenters. The quantitative estimate of drug-likeness (QED) is 0.322. The van der Waals surface area contributed by atoms with Crippen LogP contribution in [-0.4, -0.2) is 48.5 Å². The summed E-state index contributed by atoms with van der Waals surface area (Å²) in [5.74, 6) is -1.50. The van der Waals surface area contributed by atoms with Crippen LogP contribution in [-0.2, 0) is 6.54 Å². The van der Waals surface area contributed by atoms with E-state index >= 15 is 0 Å². The van der Waals surface area contributed by atoms with E-state index < -0.39 is 23.3 Å². The van der Waals surface area contributed by atoms with E-state index in [1.54, 1.807) is 19.1 Å². The second-order valence-corrected chi connectivity index (χ2v) is 9.58. The van der Waals surface area contributed by atoms with Gasteiger partial charge in [0.15, 0.2) is 0 Å². The van der Waals surface area contributed by atoms with Crippen LogP contribution in [0.2, 0.25) is 0 Å². The zero-order valence-corrected chi connectivity index (χ0v) is 18.7. The van der Waals surface area contributed by atoms with Gasteiger partial charge in [0.1, 0.15) is 5.82 Å². The van der Waals surface area contributed by atoms with Gasteiger partial charge in [-0.3, -0.25) is 4.90 Å². The minimum atomic E-state index is -4.33. The number of thioether (sulfide) groups is 2. The molecule has 0 spiro atoms. The fourth-order valence-corrected chi connectivity index (χ4v) is 4.74. The Bertz CT molecular complexity index is 906. The maximum Gasteiger partial charge on any atom is 0.446 e. The third-order valence-corrected chi connectivity index (χ3v) is 6.87. The fraction of sp³-hybridized carbons (Fsp3) is 0.429. The van der Waals surface area contributed by atoms with Crippen LogP contribution in [0.4, 0.5) is 36.4 Å². The van der Waals surface area contributed by atoms with E-state index in [4.69, 9.17) is 0 Å². The minimum absolute atomic E-state index is 0.125. The van der Waals surface area contributed by atoms with E-state index in [0.29, 0.717) is 54.9 Å². The molecular weight excluding hydrogens is 477 g/mol. The molecule has 1 aliphatic heterocycles. The first-order valence-electron chi connectivity index (χ1n) is 9.71. The summed E-state index contributed by atoms with van der Waals surface area (Å²) < 4.78 is 89.5. The fourth-order valence-electron chi connectivity index (χ4n) is 3.40. The number of aryl methyl sites for hydroxylation is 1. The van der Waals surface area contributed by atoms with Crippen molar-refractivity contribution in [1.82, 2.24) is 4.90 Å². The first-order valence-corrected chi connectivity index (χ1v) is 11.5. The standard InChI is InChI=1S/C21H21F7N2S2/c1-14-10-17(22)18(11-19(14)31-13-20(23,24)25)30-8-6-29(7-9-30)12-15-2-4-16(5-3-15)32-21(26,27)28/h2-5,10-11H,6-9,12-13H2,1H3. The molecule has 0 N–H and O–H groups in total. The predicted octanol–water partition coefficient (Wildman–Crippen LogP) is 6.72. The first kappa shape index (κ1) is 25.0. The average molecular weight is 499 g/mol. The smallest absolute Gasteiger partial charge is 0.367 e. The molecule has 1 aliphatic rings. The normalized spacial score (nSPS) is 15.9. The largest absolute Gasteiger partial charge is 0.446 e. The van der Waals surface area contributed by atoms with Gasteiger partial charge in [-0.25, -0.2) is 4.39 Å². The molecule has 1 fully saturated rings. The van der Waals surface area contributed by atoms with Gasteiger partial charge in [-0.15, -0.1) is 11.8 Å². The van der Waals surface area contributed by atoms with Gasteiger partial charge in [0.25, 0.3) is 0 Å². The molecule has 176 valence electrons. The molecule has 2 aromatic rings. The highest BCUT2D eigenvalue weighted by molar-refractivity contribution is 8.00. The Morgan fingerprint density at radius 3 is 2.09 bits per heavy atom. The second kappa shape index (κ2) is 10.1. The lowest BCUT2D eigenvalue weighted by atomic mass is 10.1. The minimum Gasteiger partial charge on any atom is -0.367 e. The van der Waals surface area contributed by atoms with Gasteiger partial charge in [0, 0.05) is 42.5 Å². The van der Waals surface area contributed by atoms with Crippen molar-refractivity contribution < 1.29 is 30.7 Å². The summed E-state index contributed by atoms with van der Waals surface area (Å²) in [5, 5.41) is 0. The van der Waals surface area contributed by atoms with Crippen LogP contribution in [0.1, 0.15) is 11.1 Å². The van der Waals surface area contributed by atoms with Crippen molar-refractivity contribution in [3.8, 4) is 0 Å². The van der Waals surface area contributed by atoms with Gasteiger partial charge < -0.3 is 4.90 Å². The number of anilines is 1. The van der Waals surface area contributed by atoms with E-state index in [2.05, 4.69) is 4.90 Å². The molecular formula is C21H21F7N2S2. The van der Waals surface area contributed by atoms with Crippen LogP contribution in [0.15, 0.2) is 46.2 Å². The molecule has 3 rings (SSSR count). The Morgan fingerprint density at radius 2 is 1.53 bits per heavy atom. The summed E-state index contributed by atoms with van der Waals surface area (Å²) >= 11 is 0.488. The predicted molar refractivity (Wildman–Crippen MR) is 114 cm³/mol. The molecule has 0 amide bonds. The maximum atomic E-state index is 14.5. The summed E-state index contributed by atoms with van der Waals surface area (Å²) in [6.07, 6.45) is -4.30. The summed E-state index contributed by atoms with van der Waals surface area (Å²) in [6.45, 7) is 4.31. The highest BCUT2D eigenvalue weighted by Gasteiger charge is 2.29. The molecule has 2 nitrogen and oxygen atoms in total. The van der Waals surface area contributed by atoms with Crippen LogP contribution >= 0.6 is 23.5 Å². The van der Waals surface area contributed by atoms with Crippen molar-refractivity contribution >= 4 is 29.2 Å². The van der Waals surface area contributed by atoms with Crippen LogP contribution in [0.5, 0.6) is 0 Å². The number of benzene rings is 2. The second-order valence-electron chi connectivity index (χ2n) is 7.43. The van der Waals surface area contributed by atoms with Crippen molar-refractivity contribution in [1.29, 1.82) is 0 Å². The van der Waals surface area contributed by atoms with Gasteiger partial charge in [0.2, 0.25) is 0 Å². The number of piperazine rings is 1. The topological polar surface area (TPSA) is 6.48 Å². The highest BCUT2D eigenvalue weighted by atomic mass is 32.2. The molecule has 11 heteroatoms. The summed E-state index contributed by atoms with van der Waals surface area (Å²) in [4.78, 5) is 4.44. The van der Waals surface area contributed by atoms with Crippen molar-refractivity contribution in [3.05, 3.63) is 53.3 Å². The van der Waals surface area contributed by atoms with Crippen molar-refractivity contribution in [2.24, 2.45) is 0 Å². The third kappa shape index (κ3) is 7.48. The van der Waals surface area contributed by atoms with Gasteiger partial charge in [-0.2, -0.15) is 26.3 Å². The summed E-state index contributed by atoms with van der Waals surface area (Å²) in [6, 6.07) is 8.93. The van der Waals surface area contributed by atoms with Crippen molar-refractivity contribution in [2.45, 2.75) is 34.9 Å². The lowest BCUT2D eigenvalue weighted by Gasteiger charge is -2.36. The van der Waals surface area contributed by atoms with E-state index in [0.717, 1.165) is 5.56 Å². The Balaban J connectivity index is 1.58. The molecule has 1 heterocycles. The molecule has 2 aromatic carbocycles. The van der Waals surface area contributed by atoms with Crippen LogP contribution in [0.3, 0.4) is 0 Å². The number of alkyl halides is 6. The summed E-state index contributed by atoms with van der Waals surface area (Å²) in [5.41, 5.74) is -2.70. The molecule has 0 radical (unpaired) electrons. The molecule has 0 saturated carbocycles. The van der Waals surface area contributed by atoms with Gasteiger partial charge in [0.05, 0.1) is 11.4 Å². The van der Waals surface area contributed by atoms with Crippen LogP contribution in [0.25, 0.3) is 0 Å². The van der Waals surface area contributed by atoms with Crippen LogP contribution < -0.4 is 4.90 Å². The molecule has 0 aliphatic carbocycles. The number of halogens is 7. The lowest BCUT2D eigenvalue weighted by molar-refractivity contribution is -0.105. The van der Waals surface area contributed by atoms with Crippen molar-refractivity contribution in [3.63, 3.8) is 0 Å². The van der Waals surface area contributed by atoms with Crippen LogP contribution in [0, 0.1) is 12.7 Å². The van der Waals surface area contributed by atoms with Crippen molar-refractivity contribution in [2.75, 3.05) is 36.8 Å². The Morgan fingerprint density at radius 1 is 0.906 bits per heavy atom. The maximum absolute atomic E-state index is 14.5. The monoisotopic (exact) mass is 498 g/mol. The zero-order chi connectivity index (χ0) is 23.5. The van der Waals surface area contributed by atoms with Gasteiger partial charge in [-0.05, 0) is 54.1 Å². The average Bonchev–Trinajstić information content (AvgIpc) is 2.68. The Kier molecular flexibility index (Phi) is 7.93. The van der Waals surface area contributed by atoms with Gasteiger partial charge >= 0.3 is 11.7 Å². The number of hydrogen-bond acceptors (Lipinski definition) is 4. The molecule has 1 saturated heterocycles. The van der Waals surface area contributed by atoms with E-state index in [1.807, 2.05) is 4.90 Å².